The van der Waals surface area contributed by atoms with E-state index in [-0.39, 0.29) is 11.7 Å². The SMILES string of the molecule is CCCC(C)(NC(=O)CSCc1cccs1)C(=O)O. The van der Waals surface area contributed by atoms with Crippen molar-refractivity contribution in [2.24, 2.45) is 0 Å². The van der Waals surface area contributed by atoms with Crippen LogP contribution in [0.4, 0.5) is 0 Å². The van der Waals surface area contributed by atoms with E-state index in [4.69, 9.17) is 5.11 Å². The Labute approximate surface area is 121 Å². The molecule has 2 N–H and O–H groups in total. The van der Waals surface area contributed by atoms with Gasteiger partial charge in [0, 0.05) is 10.6 Å². The molecule has 0 aliphatic carbocycles. The third-order valence-corrected chi connectivity index (χ3v) is 4.74. The predicted octanol–water partition coefficient (Wildman–Crippen LogP) is 2.74. The molecule has 1 unspecified atom stereocenters. The predicted molar refractivity (Wildman–Crippen MR) is 79.6 cm³/mol. The van der Waals surface area contributed by atoms with Gasteiger partial charge in [-0.15, -0.1) is 23.1 Å². The Morgan fingerprint density at radius 3 is 2.79 bits per heavy atom. The molecule has 0 radical (unpaired) electrons. The van der Waals surface area contributed by atoms with Gasteiger partial charge in [0.25, 0.3) is 0 Å². The molecule has 0 aliphatic rings. The summed E-state index contributed by atoms with van der Waals surface area (Å²) in [6, 6.07) is 4.00. The molecule has 1 amide bonds. The number of nitrogens with one attached hydrogen (secondary N) is 1. The highest BCUT2D eigenvalue weighted by Crippen LogP contribution is 2.18. The monoisotopic (exact) mass is 301 g/mol. The van der Waals surface area contributed by atoms with Crippen LogP contribution in [0.1, 0.15) is 31.6 Å². The van der Waals surface area contributed by atoms with Crippen molar-refractivity contribution in [3.8, 4) is 0 Å². The van der Waals surface area contributed by atoms with Gasteiger partial charge < -0.3 is 10.4 Å². The quantitative estimate of drug-likeness (QED) is 0.775. The highest BCUT2D eigenvalue weighted by molar-refractivity contribution is 7.99. The highest BCUT2D eigenvalue weighted by atomic mass is 32.2. The number of thiophene rings is 1. The normalized spacial score (nSPS) is 13.8. The molecule has 0 aromatic carbocycles. The molecular weight excluding hydrogens is 282 g/mol. The molecule has 0 bridgehead atoms. The lowest BCUT2D eigenvalue weighted by molar-refractivity contribution is -0.146. The smallest absolute Gasteiger partial charge is 0.329 e. The van der Waals surface area contributed by atoms with Crippen LogP contribution in [-0.4, -0.2) is 28.3 Å². The summed E-state index contributed by atoms with van der Waals surface area (Å²) in [4.78, 5) is 24.2. The number of carboxylic acid groups (broad SMARTS) is 1. The highest BCUT2D eigenvalue weighted by Gasteiger charge is 2.33. The second kappa shape index (κ2) is 7.55. The minimum Gasteiger partial charge on any atom is -0.480 e. The Bertz CT molecular complexity index is 420. The lowest BCUT2D eigenvalue weighted by atomic mass is 9.96. The van der Waals surface area contributed by atoms with E-state index >= 15 is 0 Å². The van der Waals surface area contributed by atoms with E-state index in [0.717, 1.165) is 5.75 Å². The first-order chi connectivity index (χ1) is 8.98. The Balaban J connectivity index is 2.38. The largest absolute Gasteiger partial charge is 0.480 e. The van der Waals surface area contributed by atoms with Gasteiger partial charge in [-0.3, -0.25) is 4.79 Å². The standard InChI is InChI=1S/C13H19NO3S2/c1-3-6-13(2,12(16)17)14-11(15)9-18-8-10-5-4-7-19-10/h4-5,7H,3,6,8-9H2,1-2H3,(H,14,15)(H,16,17). The Hall–Kier alpha value is -1.01. The summed E-state index contributed by atoms with van der Waals surface area (Å²) in [6.45, 7) is 3.46. The van der Waals surface area contributed by atoms with Crippen molar-refractivity contribution in [2.45, 2.75) is 38.0 Å². The number of carboxylic acids is 1. The number of carbonyl (C=O) groups excluding carboxylic acids is 1. The summed E-state index contributed by atoms with van der Waals surface area (Å²) in [5, 5.41) is 13.8. The van der Waals surface area contributed by atoms with E-state index in [1.54, 1.807) is 18.3 Å². The molecular formula is C13H19NO3S2. The zero-order valence-electron chi connectivity index (χ0n) is 11.1. The molecule has 1 rings (SSSR count). The van der Waals surface area contributed by atoms with Crippen molar-refractivity contribution in [1.29, 1.82) is 0 Å². The van der Waals surface area contributed by atoms with Crippen molar-refractivity contribution in [3.05, 3.63) is 22.4 Å². The second-order valence-corrected chi connectivity index (χ2v) is 6.53. The first-order valence-electron chi connectivity index (χ1n) is 6.12. The van der Waals surface area contributed by atoms with Crippen molar-refractivity contribution in [3.63, 3.8) is 0 Å². The van der Waals surface area contributed by atoms with E-state index in [9.17, 15) is 9.59 Å². The van der Waals surface area contributed by atoms with Crippen LogP contribution in [0.2, 0.25) is 0 Å². The van der Waals surface area contributed by atoms with Gasteiger partial charge in [-0.25, -0.2) is 4.79 Å². The van der Waals surface area contributed by atoms with Crippen LogP contribution in [-0.2, 0) is 15.3 Å². The summed E-state index contributed by atoms with van der Waals surface area (Å²) in [5.41, 5.74) is -1.16. The van der Waals surface area contributed by atoms with Gasteiger partial charge in [0.15, 0.2) is 0 Å². The molecule has 19 heavy (non-hydrogen) atoms. The van der Waals surface area contributed by atoms with Gasteiger partial charge >= 0.3 is 5.97 Å². The fourth-order valence-corrected chi connectivity index (χ4v) is 3.37. The molecule has 0 spiro atoms. The maximum atomic E-state index is 11.8. The Morgan fingerprint density at radius 2 is 2.26 bits per heavy atom. The summed E-state index contributed by atoms with van der Waals surface area (Å²) in [6.07, 6.45) is 1.15. The summed E-state index contributed by atoms with van der Waals surface area (Å²) < 4.78 is 0. The molecule has 0 saturated carbocycles. The zero-order chi connectivity index (χ0) is 14.3. The average molecular weight is 301 g/mol. The molecule has 6 heteroatoms. The maximum absolute atomic E-state index is 11.8. The number of rotatable bonds is 8. The number of thioether (sulfide) groups is 1. The lowest BCUT2D eigenvalue weighted by Crippen LogP contribution is -2.52. The molecule has 1 aromatic heterocycles. The van der Waals surface area contributed by atoms with Crippen molar-refractivity contribution >= 4 is 35.0 Å². The zero-order valence-corrected chi connectivity index (χ0v) is 12.8. The second-order valence-electron chi connectivity index (χ2n) is 4.51. The molecule has 1 atom stereocenters. The number of amides is 1. The van der Waals surface area contributed by atoms with E-state index in [0.29, 0.717) is 12.8 Å². The maximum Gasteiger partial charge on any atom is 0.329 e. The van der Waals surface area contributed by atoms with Gasteiger partial charge in [-0.1, -0.05) is 19.4 Å². The van der Waals surface area contributed by atoms with E-state index < -0.39 is 11.5 Å². The van der Waals surface area contributed by atoms with Gasteiger partial charge in [0.1, 0.15) is 5.54 Å². The third kappa shape index (κ3) is 5.24. The van der Waals surface area contributed by atoms with E-state index in [1.807, 2.05) is 24.4 Å². The lowest BCUT2D eigenvalue weighted by Gasteiger charge is -2.25. The fourth-order valence-electron chi connectivity index (χ4n) is 1.71. The average Bonchev–Trinajstić information content (AvgIpc) is 2.82. The number of hydrogen-bond donors (Lipinski definition) is 2. The van der Waals surface area contributed by atoms with Crippen molar-refractivity contribution in [2.75, 3.05) is 5.75 Å². The summed E-state index contributed by atoms with van der Waals surface area (Å²) in [7, 11) is 0. The minimum atomic E-state index is -1.16. The van der Waals surface area contributed by atoms with Gasteiger partial charge in [-0.2, -0.15) is 0 Å². The van der Waals surface area contributed by atoms with Crippen LogP contribution in [0, 0.1) is 0 Å². The molecule has 4 nitrogen and oxygen atoms in total. The van der Waals surface area contributed by atoms with Gasteiger partial charge in [0.05, 0.1) is 5.75 Å². The fraction of sp³-hybridized carbons (Fsp3) is 0.538. The molecule has 0 saturated heterocycles. The van der Waals surface area contributed by atoms with Crippen LogP contribution in [0.15, 0.2) is 17.5 Å². The van der Waals surface area contributed by atoms with Crippen molar-refractivity contribution in [1.82, 2.24) is 5.32 Å². The van der Waals surface area contributed by atoms with Crippen molar-refractivity contribution < 1.29 is 14.7 Å². The molecule has 106 valence electrons. The van der Waals surface area contributed by atoms with Crippen LogP contribution >= 0.6 is 23.1 Å². The molecule has 0 fully saturated rings. The minimum absolute atomic E-state index is 0.222. The topological polar surface area (TPSA) is 66.4 Å². The first-order valence-corrected chi connectivity index (χ1v) is 8.16. The summed E-state index contributed by atoms with van der Waals surface area (Å²) in [5.74, 6) is -0.140. The Morgan fingerprint density at radius 1 is 1.53 bits per heavy atom. The molecule has 0 aliphatic heterocycles. The van der Waals surface area contributed by atoms with Crippen LogP contribution in [0.3, 0.4) is 0 Å². The third-order valence-electron chi connectivity index (χ3n) is 2.69. The van der Waals surface area contributed by atoms with Crippen LogP contribution in [0.5, 0.6) is 0 Å². The molecule has 1 aromatic rings. The van der Waals surface area contributed by atoms with E-state index in [1.165, 1.54) is 16.6 Å². The summed E-state index contributed by atoms with van der Waals surface area (Å²) >= 11 is 3.15. The first kappa shape index (κ1) is 16.0. The van der Waals surface area contributed by atoms with Gasteiger partial charge in [-0.05, 0) is 24.8 Å². The number of aliphatic carboxylic acids is 1. The Kier molecular flexibility index (Phi) is 6.37. The number of carbonyl (C=O) groups is 2. The van der Waals surface area contributed by atoms with E-state index in [2.05, 4.69) is 5.32 Å². The number of hydrogen-bond acceptors (Lipinski definition) is 4. The molecule has 1 heterocycles. The van der Waals surface area contributed by atoms with Gasteiger partial charge in [0.2, 0.25) is 5.91 Å². The van der Waals surface area contributed by atoms with Crippen LogP contribution in [0.25, 0.3) is 0 Å². The van der Waals surface area contributed by atoms with Crippen LogP contribution < -0.4 is 5.32 Å².